The number of rotatable bonds is 7. The van der Waals surface area contributed by atoms with E-state index in [2.05, 4.69) is 35.5 Å². The van der Waals surface area contributed by atoms with Crippen molar-refractivity contribution in [3.05, 3.63) is 24.7 Å². The second-order valence-electron chi connectivity index (χ2n) is 5.97. The molecule has 3 nitrogen and oxygen atoms in total. The molecule has 0 radical (unpaired) electrons. The molecule has 0 amide bonds. The lowest BCUT2D eigenvalue weighted by Gasteiger charge is -2.26. The molecule has 0 bridgehead atoms. The minimum Gasteiger partial charge on any atom is -0.262 e. The average molecular weight is 259 g/mol. The molecule has 3 heteroatoms. The van der Waals surface area contributed by atoms with Crippen molar-refractivity contribution in [2.45, 2.75) is 64.8 Å². The highest BCUT2D eigenvalue weighted by Gasteiger charge is 2.22. The van der Waals surface area contributed by atoms with Crippen molar-refractivity contribution >= 4 is 10.9 Å². The van der Waals surface area contributed by atoms with Gasteiger partial charge in [-0.2, -0.15) is 5.10 Å². The van der Waals surface area contributed by atoms with Gasteiger partial charge in [0.2, 0.25) is 0 Å². The zero-order chi connectivity index (χ0) is 13.7. The smallest absolute Gasteiger partial charge is 0.0871 e. The Balaban J connectivity index is 2.02. The molecule has 0 aliphatic rings. The minimum atomic E-state index is 0.0665. The summed E-state index contributed by atoms with van der Waals surface area (Å²) in [6.45, 7) is 6.80. The molecular formula is C16H25N3. The first-order chi connectivity index (χ1) is 9.15. The molecule has 0 aromatic carbocycles. The van der Waals surface area contributed by atoms with Gasteiger partial charge < -0.3 is 0 Å². The minimum absolute atomic E-state index is 0.0665. The Hall–Kier alpha value is -1.38. The summed E-state index contributed by atoms with van der Waals surface area (Å²) in [6.07, 6.45) is 13.5. The maximum absolute atomic E-state index is 4.56. The Morgan fingerprint density at radius 2 is 1.89 bits per heavy atom. The summed E-state index contributed by atoms with van der Waals surface area (Å²) in [5.41, 5.74) is 1.21. The van der Waals surface area contributed by atoms with Crippen molar-refractivity contribution in [3.63, 3.8) is 0 Å². The van der Waals surface area contributed by atoms with E-state index in [9.17, 15) is 0 Å². The molecule has 19 heavy (non-hydrogen) atoms. The largest absolute Gasteiger partial charge is 0.262 e. The molecule has 104 valence electrons. The predicted octanol–water partition coefficient (Wildman–Crippen LogP) is 4.53. The van der Waals surface area contributed by atoms with Crippen LogP contribution in [0, 0.1) is 0 Å². The lowest BCUT2D eigenvalue weighted by Crippen LogP contribution is -2.27. The third-order valence-corrected chi connectivity index (χ3v) is 3.84. The van der Waals surface area contributed by atoms with E-state index >= 15 is 0 Å². The zero-order valence-corrected chi connectivity index (χ0v) is 12.4. The van der Waals surface area contributed by atoms with Crippen molar-refractivity contribution < 1.29 is 0 Å². The number of aromatic nitrogens is 3. The highest BCUT2D eigenvalue weighted by atomic mass is 15.3. The normalized spacial score (nSPS) is 12.2. The van der Waals surface area contributed by atoms with Gasteiger partial charge in [0.15, 0.2) is 0 Å². The average Bonchev–Trinajstić information content (AvgIpc) is 2.83. The van der Waals surface area contributed by atoms with Crippen LogP contribution in [0.3, 0.4) is 0 Å². The van der Waals surface area contributed by atoms with E-state index in [0.717, 1.165) is 5.52 Å². The Morgan fingerprint density at radius 1 is 1.11 bits per heavy atom. The van der Waals surface area contributed by atoms with E-state index in [0.29, 0.717) is 0 Å². The van der Waals surface area contributed by atoms with Gasteiger partial charge in [-0.15, -0.1) is 0 Å². The van der Waals surface area contributed by atoms with Crippen LogP contribution in [0.4, 0.5) is 0 Å². The summed E-state index contributed by atoms with van der Waals surface area (Å²) in [6, 6.07) is 2.02. The molecule has 2 rings (SSSR count). The van der Waals surface area contributed by atoms with Crippen molar-refractivity contribution in [3.8, 4) is 0 Å². The van der Waals surface area contributed by atoms with Gasteiger partial charge >= 0.3 is 0 Å². The van der Waals surface area contributed by atoms with Gasteiger partial charge in [0.1, 0.15) is 0 Å². The van der Waals surface area contributed by atoms with Gasteiger partial charge in [-0.3, -0.25) is 9.67 Å². The van der Waals surface area contributed by atoms with Gasteiger partial charge in [-0.1, -0.05) is 39.0 Å². The third-order valence-electron chi connectivity index (χ3n) is 3.84. The summed E-state index contributed by atoms with van der Waals surface area (Å²) in [5, 5.41) is 5.73. The Labute approximate surface area is 116 Å². The van der Waals surface area contributed by atoms with Gasteiger partial charge in [0.25, 0.3) is 0 Å². The van der Waals surface area contributed by atoms with E-state index < -0.39 is 0 Å². The summed E-state index contributed by atoms with van der Waals surface area (Å²) in [4.78, 5) is 4.22. The van der Waals surface area contributed by atoms with Crippen LogP contribution in [0.25, 0.3) is 10.9 Å². The van der Waals surface area contributed by atoms with Crippen LogP contribution in [-0.4, -0.2) is 14.8 Å². The van der Waals surface area contributed by atoms with E-state index in [1.165, 1.54) is 43.9 Å². The van der Waals surface area contributed by atoms with Crippen LogP contribution in [0.2, 0.25) is 0 Å². The Morgan fingerprint density at radius 3 is 2.68 bits per heavy atom. The van der Waals surface area contributed by atoms with E-state index in [1.807, 2.05) is 24.7 Å². The molecule has 0 fully saturated rings. The molecule has 0 aliphatic heterocycles. The molecule has 0 N–H and O–H groups in total. The van der Waals surface area contributed by atoms with Crippen LogP contribution in [0.15, 0.2) is 24.7 Å². The fraction of sp³-hybridized carbons (Fsp3) is 0.625. The maximum atomic E-state index is 4.56. The van der Waals surface area contributed by atoms with Crippen molar-refractivity contribution in [2.24, 2.45) is 0 Å². The van der Waals surface area contributed by atoms with E-state index in [-0.39, 0.29) is 5.54 Å². The summed E-state index contributed by atoms with van der Waals surface area (Å²) in [5.74, 6) is 0. The molecule has 0 aliphatic carbocycles. The first-order valence-corrected chi connectivity index (χ1v) is 7.43. The van der Waals surface area contributed by atoms with Gasteiger partial charge in [0.05, 0.1) is 23.4 Å². The fourth-order valence-corrected chi connectivity index (χ4v) is 2.61. The number of nitrogens with zero attached hydrogens (tertiary/aromatic N) is 3. The standard InChI is InChI=1S/C16H25N3/c1-4-5-6-7-8-10-16(2,3)19-15-13-17-11-9-14(15)12-18-19/h9,11-13H,4-8,10H2,1-3H3. The van der Waals surface area contributed by atoms with Crippen LogP contribution in [-0.2, 0) is 5.54 Å². The topological polar surface area (TPSA) is 30.7 Å². The fourth-order valence-electron chi connectivity index (χ4n) is 2.61. The lowest BCUT2D eigenvalue weighted by molar-refractivity contribution is 0.293. The van der Waals surface area contributed by atoms with Gasteiger partial charge in [0, 0.05) is 11.6 Å². The summed E-state index contributed by atoms with van der Waals surface area (Å²) in [7, 11) is 0. The Kier molecular flexibility index (Phi) is 4.56. The van der Waals surface area contributed by atoms with Crippen LogP contribution in [0.1, 0.15) is 59.3 Å². The maximum Gasteiger partial charge on any atom is 0.0871 e. The summed E-state index contributed by atoms with van der Waals surface area (Å²) < 4.78 is 2.13. The van der Waals surface area contributed by atoms with E-state index in [4.69, 9.17) is 0 Å². The van der Waals surface area contributed by atoms with Gasteiger partial charge in [-0.05, 0) is 26.3 Å². The van der Waals surface area contributed by atoms with Crippen molar-refractivity contribution in [2.75, 3.05) is 0 Å². The predicted molar refractivity (Wildman–Crippen MR) is 80.2 cm³/mol. The molecular weight excluding hydrogens is 234 g/mol. The molecule has 0 saturated carbocycles. The van der Waals surface area contributed by atoms with Crippen molar-refractivity contribution in [1.82, 2.24) is 14.8 Å². The van der Waals surface area contributed by atoms with Crippen LogP contribution in [0.5, 0.6) is 0 Å². The second kappa shape index (κ2) is 6.18. The number of fused-ring (bicyclic) bond motifs is 1. The quantitative estimate of drug-likeness (QED) is 0.684. The first kappa shape index (κ1) is 14.0. The molecule has 0 saturated heterocycles. The molecule has 0 unspecified atom stereocenters. The molecule has 2 heterocycles. The number of hydrogen-bond acceptors (Lipinski definition) is 2. The van der Waals surface area contributed by atoms with Crippen molar-refractivity contribution in [1.29, 1.82) is 0 Å². The third kappa shape index (κ3) is 3.34. The van der Waals surface area contributed by atoms with Crippen LogP contribution < -0.4 is 0 Å². The number of hydrogen-bond donors (Lipinski definition) is 0. The molecule has 2 aromatic rings. The lowest BCUT2D eigenvalue weighted by atomic mass is 9.96. The summed E-state index contributed by atoms with van der Waals surface area (Å²) >= 11 is 0. The SMILES string of the molecule is CCCCCCCC(C)(C)n1ncc2ccncc21. The van der Waals surface area contributed by atoms with E-state index in [1.54, 1.807) is 0 Å². The van der Waals surface area contributed by atoms with Crippen LogP contribution >= 0.6 is 0 Å². The monoisotopic (exact) mass is 259 g/mol. The first-order valence-electron chi connectivity index (χ1n) is 7.43. The molecule has 0 spiro atoms. The zero-order valence-electron chi connectivity index (χ0n) is 12.4. The molecule has 2 aromatic heterocycles. The van der Waals surface area contributed by atoms with Gasteiger partial charge in [-0.25, -0.2) is 0 Å². The Bertz CT molecular complexity index is 513. The number of pyridine rings is 1. The number of unbranched alkanes of at least 4 members (excludes halogenated alkanes) is 4. The molecule has 0 atom stereocenters. The second-order valence-corrected chi connectivity index (χ2v) is 5.97. The highest BCUT2D eigenvalue weighted by molar-refractivity contribution is 5.77. The highest BCUT2D eigenvalue weighted by Crippen LogP contribution is 2.26.